The highest BCUT2D eigenvalue weighted by molar-refractivity contribution is 7.79. The molecule has 17 heavy (non-hydrogen) atoms. The van der Waals surface area contributed by atoms with Crippen molar-refractivity contribution in [3.8, 4) is 0 Å². The van der Waals surface area contributed by atoms with Gasteiger partial charge in [-0.05, 0) is 12.8 Å². The molecule has 0 aromatic carbocycles. The topological polar surface area (TPSA) is 107 Å². The number of hydrogen-bond donors (Lipinski definition) is 3. The lowest BCUT2D eigenvalue weighted by molar-refractivity contribution is -0.471. The molecule has 102 valence electrons. The molecule has 0 aromatic heterocycles. The molecule has 8 heteroatoms. The zero-order valence-corrected chi connectivity index (χ0v) is 11.2. The van der Waals surface area contributed by atoms with Crippen molar-refractivity contribution in [2.45, 2.75) is 25.7 Å². The number of hydrogen-bond acceptors (Lipinski definition) is 2. The smallest absolute Gasteiger partial charge is 0.291 e. The van der Waals surface area contributed by atoms with E-state index in [-0.39, 0.29) is 0 Å². The Kier molecular flexibility index (Phi) is 7.09. The molecule has 0 unspecified atom stereocenters. The Hall–Kier alpha value is -0.860. The first kappa shape index (κ1) is 16.1. The molecule has 1 aliphatic rings. The third-order valence-electron chi connectivity index (χ3n) is 2.39. The quantitative estimate of drug-likeness (QED) is 0.243. The molecule has 0 aliphatic carbocycles. The Morgan fingerprint density at radius 1 is 1.12 bits per heavy atom. The van der Waals surface area contributed by atoms with Gasteiger partial charge in [0, 0.05) is 0 Å². The van der Waals surface area contributed by atoms with Crippen LogP contribution in [-0.2, 0) is 10.4 Å². The van der Waals surface area contributed by atoms with E-state index in [4.69, 9.17) is 23.3 Å². The first-order valence-electron chi connectivity index (χ1n) is 5.46. The molecule has 1 saturated heterocycles. The third kappa shape index (κ3) is 10.0. The molecule has 1 aliphatic heterocycles. The van der Waals surface area contributed by atoms with Gasteiger partial charge in [-0.3, -0.25) is 24.3 Å². The Balaban J connectivity index is 0.000000437. The van der Waals surface area contributed by atoms with Gasteiger partial charge >= 0.3 is 16.4 Å². The summed E-state index contributed by atoms with van der Waals surface area (Å²) >= 11 is 0. The van der Waals surface area contributed by atoms with Crippen LogP contribution in [0.1, 0.15) is 25.7 Å². The second-order valence-electron chi connectivity index (χ2n) is 4.10. The molecular weight excluding hydrogens is 246 g/mol. The molecule has 0 aromatic rings. The molecule has 1 heterocycles. The van der Waals surface area contributed by atoms with Crippen LogP contribution in [-0.4, -0.2) is 60.1 Å². The Morgan fingerprint density at radius 2 is 1.47 bits per heavy atom. The fraction of sp³-hybridized carbons (Fsp3) is 0.889. The van der Waals surface area contributed by atoms with Crippen LogP contribution in [0.15, 0.2) is 0 Å². The highest BCUT2D eigenvalue weighted by atomic mass is 32.3. The number of likely N-dealkylation sites (tertiary alicyclic amines) is 1. The second kappa shape index (κ2) is 7.46. The van der Waals surface area contributed by atoms with E-state index >= 15 is 0 Å². The summed E-state index contributed by atoms with van der Waals surface area (Å²) in [7, 11) is -0.666. The van der Waals surface area contributed by atoms with Crippen molar-refractivity contribution in [3.05, 3.63) is 0 Å². The average Bonchev–Trinajstić information content (AvgIpc) is 2.41. The largest absolute Gasteiger partial charge is 0.394 e. The predicted molar refractivity (Wildman–Crippen MR) is 65.5 cm³/mol. The molecule has 0 amide bonds. The zero-order chi connectivity index (χ0) is 13.5. The lowest BCUT2D eigenvalue weighted by Crippen LogP contribution is -2.42. The maximum Gasteiger partial charge on any atom is 0.394 e. The molecule has 0 saturated carbocycles. The summed E-state index contributed by atoms with van der Waals surface area (Å²) in [5, 5.41) is 0. The van der Waals surface area contributed by atoms with E-state index in [2.05, 4.69) is 4.90 Å². The summed E-state index contributed by atoms with van der Waals surface area (Å²) in [4.78, 5) is 2.28. The maximum absolute atomic E-state index is 8.74. The summed E-state index contributed by atoms with van der Waals surface area (Å²) in [6, 6.07) is 0. The summed E-state index contributed by atoms with van der Waals surface area (Å²) in [6.07, 6.45) is 5.29. The van der Waals surface area contributed by atoms with Crippen molar-refractivity contribution in [1.82, 2.24) is 4.90 Å². The van der Waals surface area contributed by atoms with E-state index in [0.717, 1.165) is 19.0 Å². The summed E-state index contributed by atoms with van der Waals surface area (Å²) < 4.78 is 33.6. The Morgan fingerprint density at radius 3 is 1.76 bits per heavy atom. The van der Waals surface area contributed by atoms with Gasteiger partial charge in [0.1, 0.15) is 0 Å². The highest BCUT2D eigenvalue weighted by Crippen LogP contribution is 2.08. The predicted octanol–water partition coefficient (Wildman–Crippen LogP) is -0.204. The Labute approximate surface area is 102 Å². The van der Waals surface area contributed by atoms with Crippen LogP contribution in [0.25, 0.3) is 0 Å². The molecular formula is C9H22N3O4S+. The van der Waals surface area contributed by atoms with E-state index in [9.17, 15) is 0 Å². The minimum Gasteiger partial charge on any atom is -0.291 e. The van der Waals surface area contributed by atoms with Crippen molar-refractivity contribution in [2.75, 3.05) is 27.2 Å². The van der Waals surface area contributed by atoms with Gasteiger partial charge in [0.15, 0.2) is 0 Å². The fourth-order valence-electron chi connectivity index (χ4n) is 1.58. The third-order valence-corrected chi connectivity index (χ3v) is 2.39. The summed E-state index contributed by atoms with van der Waals surface area (Å²) in [6.45, 7) is 2.26. The van der Waals surface area contributed by atoms with E-state index < -0.39 is 10.4 Å². The van der Waals surface area contributed by atoms with Crippen molar-refractivity contribution in [3.63, 3.8) is 0 Å². The van der Waals surface area contributed by atoms with E-state index in [1.165, 1.54) is 25.7 Å². The number of nitrogens with zero attached hydrogens (tertiary/aromatic N) is 2. The molecule has 1 rings (SSSR count). The van der Waals surface area contributed by atoms with Crippen LogP contribution in [0.3, 0.4) is 0 Å². The minimum absolute atomic E-state index is 0.914. The minimum atomic E-state index is -4.67. The fourth-order valence-corrected chi connectivity index (χ4v) is 1.58. The molecule has 7 nitrogen and oxygen atoms in total. The first-order chi connectivity index (χ1) is 7.72. The standard InChI is InChI=1S/C9H19N3.H2O4S/c1-11(2)9(10)12-7-5-3-4-6-8-12;1-5(2,3)4/h10H,3-8H2,1-2H3;(H2,1,2,3,4)/p+1. The Bertz CT molecular complexity index is 333. The van der Waals surface area contributed by atoms with Gasteiger partial charge in [-0.2, -0.15) is 8.42 Å². The number of rotatable bonds is 0. The van der Waals surface area contributed by atoms with Crippen LogP contribution in [0.4, 0.5) is 0 Å². The van der Waals surface area contributed by atoms with Gasteiger partial charge < -0.3 is 0 Å². The second-order valence-corrected chi connectivity index (χ2v) is 5.00. The van der Waals surface area contributed by atoms with E-state index in [0.29, 0.717) is 0 Å². The summed E-state index contributed by atoms with van der Waals surface area (Å²) in [5.41, 5.74) is 5.93. The van der Waals surface area contributed by atoms with Gasteiger partial charge in [-0.1, -0.05) is 12.8 Å². The van der Waals surface area contributed by atoms with Crippen LogP contribution in [0, 0.1) is 0 Å². The molecule has 0 bridgehead atoms. The molecule has 0 radical (unpaired) electrons. The van der Waals surface area contributed by atoms with E-state index in [1.54, 1.807) is 0 Å². The van der Waals surface area contributed by atoms with Gasteiger partial charge in [0.25, 0.3) is 0 Å². The average molecular weight is 268 g/mol. The molecule has 0 spiro atoms. The molecule has 4 N–H and O–H groups in total. The number of nitrogens with two attached hydrogens (primary N) is 1. The monoisotopic (exact) mass is 268 g/mol. The summed E-state index contributed by atoms with van der Waals surface area (Å²) in [5.74, 6) is 0.914. The lowest BCUT2D eigenvalue weighted by atomic mass is 10.2. The normalized spacial score (nSPS) is 16.6. The van der Waals surface area contributed by atoms with Crippen molar-refractivity contribution < 1.29 is 22.1 Å². The van der Waals surface area contributed by atoms with Gasteiger partial charge in [-0.25, -0.2) is 0 Å². The van der Waals surface area contributed by atoms with Gasteiger partial charge in [0.2, 0.25) is 0 Å². The highest BCUT2D eigenvalue weighted by Gasteiger charge is 2.16. The van der Waals surface area contributed by atoms with Gasteiger partial charge in [0.05, 0.1) is 27.2 Å². The van der Waals surface area contributed by atoms with Crippen molar-refractivity contribution in [1.29, 1.82) is 0 Å². The number of guanidine groups is 1. The van der Waals surface area contributed by atoms with Crippen LogP contribution in [0.2, 0.25) is 0 Å². The zero-order valence-electron chi connectivity index (χ0n) is 10.3. The van der Waals surface area contributed by atoms with Crippen molar-refractivity contribution >= 4 is 16.4 Å². The van der Waals surface area contributed by atoms with E-state index in [1.807, 2.05) is 18.7 Å². The van der Waals surface area contributed by atoms with Crippen LogP contribution < -0.4 is 5.73 Å². The van der Waals surface area contributed by atoms with Gasteiger partial charge in [-0.15, -0.1) is 0 Å². The first-order valence-corrected chi connectivity index (χ1v) is 6.86. The molecule has 0 atom stereocenters. The van der Waals surface area contributed by atoms with Crippen LogP contribution in [0.5, 0.6) is 0 Å². The lowest BCUT2D eigenvalue weighted by Gasteiger charge is -2.15. The maximum atomic E-state index is 8.74. The SMILES string of the molecule is C[N+](C)=C(N)N1CCCCCC1.O=S(=O)(O)O. The molecule has 1 fully saturated rings. The van der Waals surface area contributed by atoms with Crippen molar-refractivity contribution in [2.24, 2.45) is 5.73 Å². The van der Waals surface area contributed by atoms with Crippen LogP contribution >= 0.6 is 0 Å².